The molecule has 152 valence electrons. The number of hydrogen-bond acceptors (Lipinski definition) is 6. The van der Waals surface area contributed by atoms with Gasteiger partial charge in [0.1, 0.15) is 24.0 Å². The van der Waals surface area contributed by atoms with Crippen molar-refractivity contribution in [2.75, 3.05) is 12.4 Å². The highest BCUT2D eigenvalue weighted by molar-refractivity contribution is 9.10. The summed E-state index contributed by atoms with van der Waals surface area (Å²) in [6, 6.07) is 16.6. The first-order chi connectivity index (χ1) is 14.5. The molecule has 8 heteroatoms. The second-order valence-electron chi connectivity index (χ2n) is 6.26. The van der Waals surface area contributed by atoms with E-state index in [2.05, 4.69) is 26.4 Å². The van der Waals surface area contributed by atoms with Gasteiger partial charge in [-0.2, -0.15) is 5.26 Å². The number of aryl methyl sites for hydroxylation is 1. The molecule has 1 aromatic heterocycles. The molecule has 30 heavy (non-hydrogen) atoms. The van der Waals surface area contributed by atoms with E-state index < -0.39 is 5.91 Å². The molecule has 0 atom stereocenters. The fourth-order valence-corrected chi connectivity index (χ4v) is 3.19. The number of amides is 1. The molecule has 0 saturated heterocycles. The number of nitrogens with one attached hydrogen (secondary N) is 1. The molecule has 7 nitrogen and oxygen atoms in total. The summed E-state index contributed by atoms with van der Waals surface area (Å²) in [7, 11) is 1.52. The van der Waals surface area contributed by atoms with Crippen LogP contribution in [0.25, 0.3) is 6.08 Å². The van der Waals surface area contributed by atoms with Crippen LogP contribution in [0.5, 0.6) is 11.5 Å². The zero-order chi connectivity index (χ0) is 21.5. The molecule has 0 aliphatic rings. The minimum Gasteiger partial charge on any atom is -0.493 e. The van der Waals surface area contributed by atoms with Gasteiger partial charge in [-0.1, -0.05) is 35.5 Å². The van der Waals surface area contributed by atoms with Gasteiger partial charge in [0, 0.05) is 6.07 Å². The molecule has 0 fully saturated rings. The number of ether oxygens (including phenoxy) is 2. The summed E-state index contributed by atoms with van der Waals surface area (Å²) in [5.74, 6) is 1.19. The normalized spacial score (nSPS) is 10.9. The average Bonchev–Trinajstić information content (AvgIpc) is 3.15. The number of carbonyl (C=O) groups excluding carboxylic acids is 1. The highest BCUT2D eigenvalue weighted by atomic mass is 79.9. The van der Waals surface area contributed by atoms with Crippen LogP contribution >= 0.6 is 15.9 Å². The molecule has 3 rings (SSSR count). The van der Waals surface area contributed by atoms with Crippen LogP contribution in [0.3, 0.4) is 0 Å². The largest absolute Gasteiger partial charge is 0.493 e. The summed E-state index contributed by atoms with van der Waals surface area (Å²) in [5.41, 5.74) is 1.51. The molecule has 1 amide bonds. The van der Waals surface area contributed by atoms with Gasteiger partial charge in [0.25, 0.3) is 5.91 Å². The van der Waals surface area contributed by atoms with Gasteiger partial charge in [-0.05, 0) is 52.2 Å². The predicted octanol–water partition coefficient (Wildman–Crippen LogP) is 4.88. The zero-order valence-electron chi connectivity index (χ0n) is 16.3. The second-order valence-corrected chi connectivity index (χ2v) is 7.11. The van der Waals surface area contributed by atoms with E-state index in [1.165, 1.54) is 13.2 Å². The van der Waals surface area contributed by atoms with Crippen molar-refractivity contribution in [1.29, 1.82) is 5.26 Å². The fraction of sp³-hybridized carbons (Fsp3) is 0.136. The molecular weight excluding hydrogens is 450 g/mol. The maximum atomic E-state index is 12.4. The number of nitriles is 1. The topological polar surface area (TPSA) is 97.4 Å². The lowest BCUT2D eigenvalue weighted by molar-refractivity contribution is -0.112. The van der Waals surface area contributed by atoms with E-state index in [9.17, 15) is 10.1 Å². The minimum absolute atomic E-state index is 0.0949. The Morgan fingerprint density at radius 2 is 2.07 bits per heavy atom. The van der Waals surface area contributed by atoms with Gasteiger partial charge in [-0.3, -0.25) is 4.79 Å². The van der Waals surface area contributed by atoms with Crippen LogP contribution in [0.2, 0.25) is 0 Å². The average molecular weight is 468 g/mol. The summed E-state index contributed by atoms with van der Waals surface area (Å²) >= 11 is 3.48. The lowest BCUT2D eigenvalue weighted by atomic mass is 10.1. The van der Waals surface area contributed by atoms with Gasteiger partial charge in [0.05, 0.1) is 11.6 Å². The fourth-order valence-electron chi connectivity index (χ4n) is 2.62. The van der Waals surface area contributed by atoms with Crippen LogP contribution in [0.4, 0.5) is 5.82 Å². The van der Waals surface area contributed by atoms with E-state index in [-0.39, 0.29) is 11.4 Å². The van der Waals surface area contributed by atoms with Gasteiger partial charge in [-0.15, -0.1) is 0 Å². The van der Waals surface area contributed by atoms with Crippen molar-refractivity contribution in [3.05, 3.63) is 75.5 Å². The Hall–Kier alpha value is -3.57. The molecule has 0 unspecified atom stereocenters. The van der Waals surface area contributed by atoms with Crippen LogP contribution in [0.1, 0.15) is 16.9 Å². The molecule has 2 aromatic carbocycles. The number of halogens is 1. The molecule has 1 heterocycles. The lowest BCUT2D eigenvalue weighted by Gasteiger charge is -2.14. The maximum Gasteiger partial charge on any atom is 0.267 e. The first-order valence-electron chi connectivity index (χ1n) is 8.91. The van der Waals surface area contributed by atoms with Crippen molar-refractivity contribution in [2.45, 2.75) is 13.5 Å². The van der Waals surface area contributed by atoms with Crippen molar-refractivity contribution in [3.63, 3.8) is 0 Å². The van der Waals surface area contributed by atoms with Crippen LogP contribution in [-0.2, 0) is 11.4 Å². The molecule has 0 spiro atoms. The molecular formula is C22H18BrN3O4. The van der Waals surface area contributed by atoms with Gasteiger partial charge < -0.3 is 19.3 Å². The number of nitrogens with zero attached hydrogens (tertiary/aromatic N) is 2. The standard InChI is InChI=1S/C22H18BrN3O4/c1-14-8-20(26-30-14)25-22(27)17(12-24)9-16-10-18(23)21(19(11-16)28-2)29-13-15-6-4-3-5-7-15/h3-11H,13H2,1-2H3,(H,25,26,27)/b17-9-. The van der Waals surface area contributed by atoms with E-state index in [4.69, 9.17) is 14.0 Å². The third-order valence-corrected chi connectivity index (χ3v) is 4.61. The minimum atomic E-state index is -0.592. The molecule has 0 saturated carbocycles. The molecule has 1 N–H and O–H groups in total. The van der Waals surface area contributed by atoms with Crippen molar-refractivity contribution < 1.29 is 18.8 Å². The number of methoxy groups -OCH3 is 1. The van der Waals surface area contributed by atoms with Crippen LogP contribution in [-0.4, -0.2) is 18.2 Å². The highest BCUT2D eigenvalue weighted by Crippen LogP contribution is 2.37. The Bertz CT molecular complexity index is 1120. The van der Waals surface area contributed by atoms with E-state index >= 15 is 0 Å². The number of carbonyl (C=O) groups is 1. The Balaban J connectivity index is 1.81. The summed E-state index contributed by atoms with van der Waals surface area (Å²) in [6.07, 6.45) is 1.45. The number of benzene rings is 2. The Morgan fingerprint density at radius 3 is 2.70 bits per heavy atom. The lowest BCUT2D eigenvalue weighted by Crippen LogP contribution is -2.13. The quantitative estimate of drug-likeness (QED) is 0.392. The molecule has 3 aromatic rings. The van der Waals surface area contributed by atoms with Gasteiger partial charge in [0.15, 0.2) is 17.3 Å². The van der Waals surface area contributed by atoms with E-state index in [1.807, 2.05) is 36.4 Å². The SMILES string of the molecule is COc1cc(/C=C(/C#N)C(=O)Nc2cc(C)on2)cc(Br)c1OCc1ccccc1. The van der Waals surface area contributed by atoms with Gasteiger partial charge in [0.2, 0.25) is 0 Å². The zero-order valence-corrected chi connectivity index (χ0v) is 17.9. The molecule has 0 bridgehead atoms. The number of anilines is 1. The third-order valence-electron chi connectivity index (χ3n) is 4.02. The highest BCUT2D eigenvalue weighted by Gasteiger charge is 2.15. The number of rotatable bonds is 7. The predicted molar refractivity (Wildman–Crippen MR) is 115 cm³/mol. The Kier molecular flexibility index (Phi) is 6.88. The monoisotopic (exact) mass is 467 g/mol. The smallest absolute Gasteiger partial charge is 0.267 e. The molecule has 0 aliphatic carbocycles. The van der Waals surface area contributed by atoms with Crippen molar-refractivity contribution in [3.8, 4) is 17.6 Å². The number of aromatic nitrogens is 1. The molecule has 0 radical (unpaired) electrons. The number of hydrogen-bond donors (Lipinski definition) is 1. The van der Waals surface area contributed by atoms with Crippen LogP contribution in [0, 0.1) is 18.3 Å². The first kappa shape index (κ1) is 21.1. The second kappa shape index (κ2) is 9.76. The van der Waals surface area contributed by atoms with Crippen LogP contribution in [0.15, 0.2) is 63.1 Å². The maximum absolute atomic E-state index is 12.4. The van der Waals surface area contributed by atoms with Crippen molar-refractivity contribution >= 4 is 33.7 Å². The van der Waals surface area contributed by atoms with E-state index in [0.29, 0.717) is 33.9 Å². The summed E-state index contributed by atoms with van der Waals surface area (Å²) in [6.45, 7) is 2.07. The molecule has 0 aliphatic heterocycles. The summed E-state index contributed by atoms with van der Waals surface area (Å²) in [4.78, 5) is 12.4. The van der Waals surface area contributed by atoms with Gasteiger partial charge >= 0.3 is 0 Å². The summed E-state index contributed by atoms with van der Waals surface area (Å²) in [5, 5.41) is 15.6. The Labute approximate surface area is 182 Å². The third kappa shape index (κ3) is 5.27. The van der Waals surface area contributed by atoms with E-state index in [1.54, 1.807) is 25.1 Å². The van der Waals surface area contributed by atoms with E-state index in [0.717, 1.165) is 5.56 Å². The van der Waals surface area contributed by atoms with Crippen molar-refractivity contribution in [2.24, 2.45) is 0 Å². The first-order valence-corrected chi connectivity index (χ1v) is 9.70. The van der Waals surface area contributed by atoms with Gasteiger partial charge in [-0.25, -0.2) is 0 Å². The van der Waals surface area contributed by atoms with Crippen molar-refractivity contribution in [1.82, 2.24) is 5.16 Å². The summed E-state index contributed by atoms with van der Waals surface area (Å²) < 4.78 is 16.9. The van der Waals surface area contributed by atoms with Crippen LogP contribution < -0.4 is 14.8 Å². The Morgan fingerprint density at radius 1 is 1.30 bits per heavy atom.